The van der Waals surface area contributed by atoms with Crippen LogP contribution in [0.15, 0.2) is 12.7 Å². The molecule has 0 unspecified atom stereocenters. The van der Waals surface area contributed by atoms with Crippen molar-refractivity contribution < 1.29 is 4.79 Å². The third-order valence-electron chi connectivity index (χ3n) is 2.35. The van der Waals surface area contributed by atoms with E-state index < -0.39 is 0 Å². The van der Waals surface area contributed by atoms with Crippen molar-refractivity contribution in [2.24, 2.45) is 0 Å². The molecular weight excluding hydrogens is 274 g/mol. The number of hydrogen-bond acceptors (Lipinski definition) is 8. The summed E-state index contributed by atoms with van der Waals surface area (Å²) >= 11 is 0. The Hall–Kier alpha value is -2.78. The number of carbonyl (C=O) groups is 1. The van der Waals surface area contributed by atoms with Crippen molar-refractivity contribution in [2.75, 3.05) is 17.6 Å². The first-order chi connectivity index (χ1) is 10.0. The van der Waals surface area contributed by atoms with E-state index in [-0.39, 0.29) is 29.8 Å². The van der Waals surface area contributed by atoms with Crippen LogP contribution in [-0.4, -0.2) is 48.2 Å². The highest BCUT2D eigenvalue weighted by Crippen LogP contribution is 2.05. The van der Waals surface area contributed by atoms with E-state index in [2.05, 4.69) is 35.7 Å². The summed E-state index contributed by atoms with van der Waals surface area (Å²) in [6, 6.07) is 0.115. The first-order valence-electron chi connectivity index (χ1n) is 6.44. The Morgan fingerprint density at radius 3 is 2.86 bits per heavy atom. The number of carbonyl (C=O) groups excluding carboxylic acids is 1. The lowest BCUT2D eigenvalue weighted by molar-refractivity contribution is -0.121. The van der Waals surface area contributed by atoms with E-state index in [4.69, 9.17) is 5.73 Å². The van der Waals surface area contributed by atoms with Crippen LogP contribution in [0.25, 0.3) is 5.95 Å². The van der Waals surface area contributed by atoms with Gasteiger partial charge in [0.15, 0.2) is 0 Å². The molecular formula is C11H17N9O. The Morgan fingerprint density at radius 1 is 1.38 bits per heavy atom. The maximum Gasteiger partial charge on any atom is 0.258 e. The second-order valence-electron chi connectivity index (χ2n) is 4.56. The Kier molecular flexibility index (Phi) is 4.59. The number of nitrogens with one attached hydrogen (secondary N) is 2. The van der Waals surface area contributed by atoms with Crippen LogP contribution in [0.1, 0.15) is 20.3 Å². The molecule has 0 aliphatic rings. The van der Waals surface area contributed by atoms with Gasteiger partial charge >= 0.3 is 0 Å². The molecule has 0 spiro atoms. The molecule has 0 bridgehead atoms. The van der Waals surface area contributed by atoms with E-state index in [0.717, 1.165) is 0 Å². The molecule has 0 radical (unpaired) electrons. The second-order valence-corrected chi connectivity index (χ2v) is 4.56. The number of anilines is 2. The van der Waals surface area contributed by atoms with Gasteiger partial charge in [0.1, 0.15) is 12.7 Å². The third-order valence-corrected chi connectivity index (χ3v) is 2.35. The van der Waals surface area contributed by atoms with Gasteiger partial charge in [-0.2, -0.15) is 24.7 Å². The normalized spacial score (nSPS) is 10.6. The minimum absolute atomic E-state index is 0.0453. The first kappa shape index (κ1) is 14.6. The summed E-state index contributed by atoms with van der Waals surface area (Å²) in [6.45, 7) is 4.20. The van der Waals surface area contributed by atoms with Gasteiger partial charge in [0, 0.05) is 19.0 Å². The maximum absolute atomic E-state index is 11.5. The van der Waals surface area contributed by atoms with Gasteiger partial charge in [-0.05, 0) is 13.8 Å². The Bertz CT molecular complexity index is 596. The second kappa shape index (κ2) is 6.59. The van der Waals surface area contributed by atoms with E-state index in [9.17, 15) is 4.79 Å². The molecule has 2 aromatic rings. The summed E-state index contributed by atoms with van der Waals surface area (Å²) < 4.78 is 1.37. The van der Waals surface area contributed by atoms with Gasteiger partial charge in [-0.1, -0.05) is 0 Å². The molecule has 10 heteroatoms. The summed E-state index contributed by atoms with van der Waals surface area (Å²) in [5, 5.41) is 9.64. The number of nitrogens with two attached hydrogens (primary N) is 1. The zero-order valence-electron chi connectivity index (χ0n) is 11.8. The zero-order chi connectivity index (χ0) is 15.2. The standard InChI is InChI=1S/C11H17N9O/c1-7(2)16-8(21)3-4-14-10-17-9(12)18-11(19-10)20-6-13-5-15-20/h5-7H,3-4H2,1-2H3,(H,16,21)(H3,12,14,17,18,19). The highest BCUT2D eigenvalue weighted by molar-refractivity contribution is 5.76. The lowest BCUT2D eigenvalue weighted by Gasteiger charge is -2.09. The topological polar surface area (TPSA) is 137 Å². The molecule has 2 heterocycles. The van der Waals surface area contributed by atoms with Crippen molar-refractivity contribution in [1.29, 1.82) is 0 Å². The van der Waals surface area contributed by atoms with Gasteiger partial charge in [-0.15, -0.1) is 0 Å². The Balaban J connectivity index is 1.96. The van der Waals surface area contributed by atoms with Crippen molar-refractivity contribution >= 4 is 17.8 Å². The molecule has 4 N–H and O–H groups in total. The number of nitrogens with zero attached hydrogens (tertiary/aromatic N) is 6. The molecule has 112 valence electrons. The Labute approximate surface area is 121 Å². The van der Waals surface area contributed by atoms with Crippen LogP contribution in [0.2, 0.25) is 0 Å². The van der Waals surface area contributed by atoms with Crippen molar-refractivity contribution in [2.45, 2.75) is 26.3 Å². The van der Waals surface area contributed by atoms with Crippen molar-refractivity contribution in [3.05, 3.63) is 12.7 Å². The largest absolute Gasteiger partial charge is 0.368 e. The lowest BCUT2D eigenvalue weighted by atomic mass is 10.3. The predicted molar refractivity (Wildman–Crippen MR) is 75.5 cm³/mol. The first-order valence-corrected chi connectivity index (χ1v) is 6.44. The average molecular weight is 291 g/mol. The molecule has 0 saturated heterocycles. The van der Waals surface area contributed by atoms with E-state index in [1.165, 1.54) is 17.3 Å². The summed E-state index contributed by atoms with van der Waals surface area (Å²) in [5.74, 6) is 0.556. The molecule has 10 nitrogen and oxygen atoms in total. The molecule has 0 aliphatic heterocycles. The van der Waals surface area contributed by atoms with E-state index in [0.29, 0.717) is 13.0 Å². The number of hydrogen-bond donors (Lipinski definition) is 3. The van der Waals surface area contributed by atoms with Crippen molar-refractivity contribution in [3.63, 3.8) is 0 Å². The summed E-state index contributed by atoms with van der Waals surface area (Å²) in [6.07, 6.45) is 3.13. The third kappa shape index (κ3) is 4.37. The maximum atomic E-state index is 11.5. The lowest BCUT2D eigenvalue weighted by Crippen LogP contribution is -2.31. The number of amides is 1. The molecule has 2 rings (SSSR count). The van der Waals surface area contributed by atoms with Gasteiger partial charge in [-0.25, -0.2) is 4.98 Å². The smallest absolute Gasteiger partial charge is 0.258 e. The molecule has 0 saturated carbocycles. The van der Waals surface area contributed by atoms with Crippen molar-refractivity contribution in [1.82, 2.24) is 35.0 Å². The summed E-state index contributed by atoms with van der Waals surface area (Å²) in [4.78, 5) is 27.4. The average Bonchev–Trinajstić information content (AvgIpc) is 2.91. The van der Waals surface area contributed by atoms with E-state index in [1.807, 2.05) is 13.8 Å². The molecule has 21 heavy (non-hydrogen) atoms. The van der Waals surface area contributed by atoms with Gasteiger partial charge in [0.2, 0.25) is 17.8 Å². The van der Waals surface area contributed by atoms with Crippen molar-refractivity contribution in [3.8, 4) is 5.95 Å². The van der Waals surface area contributed by atoms with Crippen LogP contribution in [0.3, 0.4) is 0 Å². The molecule has 0 aliphatic carbocycles. The van der Waals surface area contributed by atoms with Gasteiger partial charge < -0.3 is 16.4 Å². The highest BCUT2D eigenvalue weighted by Gasteiger charge is 2.08. The molecule has 0 fully saturated rings. The highest BCUT2D eigenvalue weighted by atomic mass is 16.1. The molecule has 2 aromatic heterocycles. The SMILES string of the molecule is CC(C)NC(=O)CCNc1nc(N)nc(-n2cncn2)n1. The summed E-state index contributed by atoms with van der Waals surface area (Å²) in [7, 11) is 0. The van der Waals surface area contributed by atoms with E-state index in [1.54, 1.807) is 0 Å². The quantitative estimate of drug-likeness (QED) is 0.639. The van der Waals surface area contributed by atoms with Crippen LogP contribution in [-0.2, 0) is 4.79 Å². The van der Waals surface area contributed by atoms with E-state index >= 15 is 0 Å². The van der Waals surface area contributed by atoms with Gasteiger partial charge in [-0.3, -0.25) is 4.79 Å². The minimum Gasteiger partial charge on any atom is -0.368 e. The molecule has 1 amide bonds. The fourth-order valence-corrected chi connectivity index (χ4v) is 1.56. The predicted octanol–water partition coefficient (Wildman–Crippen LogP) is -0.639. The minimum atomic E-state index is -0.0453. The summed E-state index contributed by atoms with van der Waals surface area (Å²) in [5.41, 5.74) is 5.62. The number of rotatable bonds is 6. The van der Waals surface area contributed by atoms with Gasteiger partial charge in [0.25, 0.3) is 5.95 Å². The zero-order valence-corrected chi connectivity index (χ0v) is 11.8. The fraction of sp³-hybridized carbons (Fsp3) is 0.455. The fourth-order valence-electron chi connectivity index (χ4n) is 1.56. The molecule has 0 atom stereocenters. The Morgan fingerprint density at radius 2 is 2.19 bits per heavy atom. The van der Waals surface area contributed by atoms with Crippen LogP contribution < -0.4 is 16.4 Å². The number of nitrogen functional groups attached to an aromatic ring is 1. The van der Waals surface area contributed by atoms with Crippen LogP contribution in [0, 0.1) is 0 Å². The molecule has 0 aromatic carbocycles. The van der Waals surface area contributed by atoms with Gasteiger partial charge in [0.05, 0.1) is 0 Å². The van der Waals surface area contributed by atoms with Crippen LogP contribution in [0.5, 0.6) is 0 Å². The van der Waals surface area contributed by atoms with Crippen LogP contribution >= 0.6 is 0 Å². The van der Waals surface area contributed by atoms with Crippen LogP contribution in [0.4, 0.5) is 11.9 Å². The number of aromatic nitrogens is 6. The monoisotopic (exact) mass is 291 g/mol.